The molecule has 0 unspecified atom stereocenters. The molecule has 0 atom stereocenters. The molecule has 0 radical (unpaired) electrons. The van der Waals surface area contributed by atoms with Crippen LogP contribution in [0, 0.1) is 11.8 Å². The Kier molecular flexibility index (Phi) is 3.23. The Morgan fingerprint density at radius 3 is 1.38 bits per heavy atom. The Hall–Kier alpha value is -0.520. The van der Waals surface area contributed by atoms with Crippen LogP contribution < -0.4 is 0 Å². The van der Waals surface area contributed by atoms with E-state index in [2.05, 4.69) is 24.3 Å². The zero-order chi connectivity index (χ0) is 8.93. The summed E-state index contributed by atoms with van der Waals surface area (Å²) < 4.78 is 0. The highest BCUT2D eigenvalue weighted by Crippen LogP contribution is 2.25. The lowest BCUT2D eigenvalue weighted by atomic mass is 9.91. The van der Waals surface area contributed by atoms with Crippen molar-refractivity contribution in [3.8, 4) is 0 Å². The molecule has 0 spiro atoms. The SMILES string of the molecule is C1=CC2C=CC1CCCCCCC2. The van der Waals surface area contributed by atoms with E-state index in [1.165, 1.54) is 44.9 Å². The van der Waals surface area contributed by atoms with Crippen molar-refractivity contribution in [2.75, 3.05) is 0 Å². The molecule has 0 heterocycles. The summed E-state index contributed by atoms with van der Waals surface area (Å²) in [5.41, 5.74) is 0. The first-order valence-corrected chi connectivity index (χ1v) is 5.82. The van der Waals surface area contributed by atoms with Gasteiger partial charge in [-0.25, -0.2) is 0 Å². The average molecular weight is 176 g/mol. The van der Waals surface area contributed by atoms with Crippen LogP contribution in [0.5, 0.6) is 0 Å². The van der Waals surface area contributed by atoms with Crippen LogP contribution in [0.4, 0.5) is 0 Å². The molecule has 72 valence electrons. The first-order valence-electron chi connectivity index (χ1n) is 5.82. The standard InChI is InChI=1S/C13H20/c1-2-4-6-12-8-10-13(11-9-12)7-5-3-1/h8-13H,1-7H2. The smallest absolute Gasteiger partial charge is 0.00531 e. The minimum absolute atomic E-state index is 0.759. The first kappa shape index (κ1) is 9.05. The van der Waals surface area contributed by atoms with Gasteiger partial charge in [0.05, 0.1) is 0 Å². The van der Waals surface area contributed by atoms with E-state index in [1.54, 1.807) is 0 Å². The van der Waals surface area contributed by atoms with Crippen molar-refractivity contribution < 1.29 is 0 Å². The Labute approximate surface area is 81.7 Å². The Balaban J connectivity index is 1.95. The summed E-state index contributed by atoms with van der Waals surface area (Å²) in [6.45, 7) is 0. The van der Waals surface area contributed by atoms with E-state index in [0.717, 1.165) is 11.8 Å². The fraction of sp³-hybridized carbons (Fsp3) is 0.692. The molecule has 3 aliphatic carbocycles. The summed E-state index contributed by atoms with van der Waals surface area (Å²) >= 11 is 0. The van der Waals surface area contributed by atoms with Crippen LogP contribution in [0.3, 0.4) is 0 Å². The number of hydrogen-bond acceptors (Lipinski definition) is 0. The lowest BCUT2D eigenvalue weighted by molar-refractivity contribution is 0.563. The van der Waals surface area contributed by atoms with Crippen LogP contribution in [-0.2, 0) is 0 Å². The fourth-order valence-corrected chi connectivity index (χ4v) is 2.37. The lowest BCUT2D eigenvalue weighted by Crippen LogP contribution is -2.01. The topological polar surface area (TPSA) is 0 Å². The van der Waals surface area contributed by atoms with Crippen LogP contribution in [-0.4, -0.2) is 0 Å². The van der Waals surface area contributed by atoms with E-state index in [-0.39, 0.29) is 0 Å². The van der Waals surface area contributed by atoms with Crippen molar-refractivity contribution in [2.24, 2.45) is 11.8 Å². The minimum Gasteiger partial charge on any atom is -0.0810 e. The van der Waals surface area contributed by atoms with Gasteiger partial charge in [0.1, 0.15) is 0 Å². The third-order valence-electron chi connectivity index (χ3n) is 3.29. The van der Waals surface area contributed by atoms with Gasteiger partial charge >= 0.3 is 0 Å². The van der Waals surface area contributed by atoms with Gasteiger partial charge in [-0.3, -0.25) is 0 Å². The second-order valence-corrected chi connectivity index (χ2v) is 4.44. The third-order valence-corrected chi connectivity index (χ3v) is 3.29. The molecule has 0 aromatic carbocycles. The van der Waals surface area contributed by atoms with Crippen LogP contribution >= 0.6 is 0 Å². The number of rotatable bonds is 0. The molecule has 0 fully saturated rings. The summed E-state index contributed by atoms with van der Waals surface area (Å²) in [5.74, 6) is 1.52. The van der Waals surface area contributed by atoms with Gasteiger partial charge in [-0.05, 0) is 24.7 Å². The molecular weight excluding hydrogens is 156 g/mol. The maximum absolute atomic E-state index is 2.43. The number of allylic oxidation sites excluding steroid dienone is 4. The number of fused-ring (bicyclic) bond motifs is 6. The van der Waals surface area contributed by atoms with E-state index in [1.807, 2.05) is 0 Å². The first-order chi connectivity index (χ1) is 6.45. The molecule has 3 rings (SSSR count). The molecule has 3 aliphatic rings. The molecular formula is C13H20. The number of hydrogen-bond donors (Lipinski definition) is 0. The summed E-state index contributed by atoms with van der Waals surface area (Å²) in [7, 11) is 0. The molecule has 0 aromatic heterocycles. The van der Waals surface area contributed by atoms with Crippen molar-refractivity contribution in [1.29, 1.82) is 0 Å². The Bertz CT molecular complexity index is 166. The fourth-order valence-electron chi connectivity index (χ4n) is 2.37. The highest BCUT2D eigenvalue weighted by atomic mass is 14.2. The maximum atomic E-state index is 2.43. The molecule has 13 heavy (non-hydrogen) atoms. The lowest BCUT2D eigenvalue weighted by Gasteiger charge is -2.15. The Morgan fingerprint density at radius 2 is 0.923 bits per heavy atom. The van der Waals surface area contributed by atoms with Crippen molar-refractivity contribution in [1.82, 2.24) is 0 Å². The normalized spacial score (nSPS) is 34.5. The van der Waals surface area contributed by atoms with Gasteiger partial charge in [-0.15, -0.1) is 0 Å². The van der Waals surface area contributed by atoms with Crippen LogP contribution in [0.25, 0.3) is 0 Å². The molecule has 0 N–H and O–H groups in total. The summed E-state index contributed by atoms with van der Waals surface area (Å²) in [6, 6.07) is 0. The monoisotopic (exact) mass is 176 g/mol. The van der Waals surface area contributed by atoms with Gasteiger partial charge in [0, 0.05) is 0 Å². The molecule has 0 aromatic rings. The zero-order valence-corrected chi connectivity index (χ0v) is 8.41. The summed E-state index contributed by atoms with van der Waals surface area (Å²) in [6.07, 6.45) is 19.6. The summed E-state index contributed by atoms with van der Waals surface area (Å²) in [4.78, 5) is 0. The van der Waals surface area contributed by atoms with Crippen molar-refractivity contribution in [2.45, 2.75) is 44.9 Å². The quantitative estimate of drug-likeness (QED) is 0.488. The van der Waals surface area contributed by atoms with E-state index in [9.17, 15) is 0 Å². The van der Waals surface area contributed by atoms with E-state index >= 15 is 0 Å². The van der Waals surface area contributed by atoms with Gasteiger partial charge in [0.15, 0.2) is 0 Å². The molecule has 2 bridgehead atoms. The predicted octanol–water partition coefficient (Wildman–Crippen LogP) is 4.09. The van der Waals surface area contributed by atoms with Gasteiger partial charge < -0.3 is 0 Å². The van der Waals surface area contributed by atoms with E-state index < -0.39 is 0 Å². The van der Waals surface area contributed by atoms with Crippen LogP contribution in [0.2, 0.25) is 0 Å². The molecule has 0 heteroatoms. The van der Waals surface area contributed by atoms with Gasteiger partial charge in [-0.2, -0.15) is 0 Å². The van der Waals surface area contributed by atoms with E-state index in [4.69, 9.17) is 0 Å². The average Bonchev–Trinajstić information content (AvgIpc) is 2.25. The molecule has 0 aliphatic heterocycles. The van der Waals surface area contributed by atoms with Crippen LogP contribution in [0.15, 0.2) is 24.3 Å². The van der Waals surface area contributed by atoms with Gasteiger partial charge in [0.2, 0.25) is 0 Å². The molecule has 0 saturated heterocycles. The van der Waals surface area contributed by atoms with Gasteiger partial charge in [0.25, 0.3) is 0 Å². The van der Waals surface area contributed by atoms with Crippen molar-refractivity contribution >= 4 is 0 Å². The zero-order valence-electron chi connectivity index (χ0n) is 8.41. The Morgan fingerprint density at radius 1 is 0.538 bits per heavy atom. The van der Waals surface area contributed by atoms with Crippen molar-refractivity contribution in [3.05, 3.63) is 24.3 Å². The van der Waals surface area contributed by atoms with Gasteiger partial charge in [-0.1, -0.05) is 56.4 Å². The predicted molar refractivity (Wildman–Crippen MR) is 57.6 cm³/mol. The molecule has 0 amide bonds. The second kappa shape index (κ2) is 4.64. The van der Waals surface area contributed by atoms with Crippen molar-refractivity contribution in [3.63, 3.8) is 0 Å². The molecule has 0 saturated carbocycles. The maximum Gasteiger partial charge on any atom is -0.00531 e. The van der Waals surface area contributed by atoms with E-state index in [0.29, 0.717) is 0 Å². The highest BCUT2D eigenvalue weighted by molar-refractivity contribution is 5.13. The van der Waals surface area contributed by atoms with Crippen LogP contribution in [0.1, 0.15) is 44.9 Å². The minimum atomic E-state index is 0.759. The third kappa shape index (κ3) is 2.72. The largest absolute Gasteiger partial charge is 0.0810 e. The highest BCUT2D eigenvalue weighted by Gasteiger charge is 2.10. The summed E-state index contributed by atoms with van der Waals surface area (Å²) in [5, 5.41) is 0. The second-order valence-electron chi connectivity index (χ2n) is 4.44. The molecule has 0 nitrogen and oxygen atoms in total.